The quantitative estimate of drug-likeness (QED) is 0.307. The predicted octanol–water partition coefficient (Wildman–Crippen LogP) is -0.122. The highest BCUT2D eigenvalue weighted by atomic mass is 16.5. The molecule has 0 heterocycles. The maximum Gasteiger partial charge on any atom is 0.421 e. The minimum Gasteiger partial charge on any atom is -0.481 e. The number of nitrogens with one attached hydrogen (secondary N) is 2. The number of carboxylic acids is 1. The molecule has 6 nitrogen and oxygen atoms in total. The molecular weight excluding hydrogens is 176 g/mol. The summed E-state index contributed by atoms with van der Waals surface area (Å²) in [6, 6.07) is 0. The molecule has 0 aliphatic rings. The van der Waals surface area contributed by atoms with E-state index in [0.29, 0.717) is 0 Å². The molecule has 74 valence electrons. The molecule has 0 spiro atoms. The Bertz CT molecular complexity index is 193. The lowest BCUT2D eigenvalue weighted by molar-refractivity contribution is -0.136. The highest BCUT2D eigenvalue weighted by Crippen LogP contribution is 1.77. The van der Waals surface area contributed by atoms with Gasteiger partial charge in [0.1, 0.15) is 6.61 Å². The Morgan fingerprint density at radius 3 is 2.77 bits per heavy atom. The molecule has 0 fully saturated rings. The molecule has 0 aliphatic carbocycles. The van der Waals surface area contributed by atoms with E-state index in [1.165, 1.54) is 6.08 Å². The number of carbonyl (C=O) groups excluding carboxylic acids is 1. The van der Waals surface area contributed by atoms with Crippen LogP contribution in [0.4, 0.5) is 4.79 Å². The van der Waals surface area contributed by atoms with Crippen LogP contribution in [0.25, 0.3) is 0 Å². The first-order valence-electron chi connectivity index (χ1n) is 3.65. The molecule has 13 heavy (non-hydrogen) atoms. The Balaban J connectivity index is 3.26. The molecule has 6 heteroatoms. The van der Waals surface area contributed by atoms with E-state index in [9.17, 15) is 9.59 Å². The number of carboxylic acid groups (broad SMARTS) is 1. The van der Waals surface area contributed by atoms with Gasteiger partial charge >= 0.3 is 12.1 Å². The van der Waals surface area contributed by atoms with Crippen LogP contribution >= 0.6 is 0 Å². The van der Waals surface area contributed by atoms with Crippen molar-refractivity contribution in [3.8, 4) is 0 Å². The number of amides is 1. The van der Waals surface area contributed by atoms with E-state index in [2.05, 4.69) is 22.2 Å². The van der Waals surface area contributed by atoms with Gasteiger partial charge in [0.05, 0.1) is 6.42 Å². The van der Waals surface area contributed by atoms with Gasteiger partial charge in [0.15, 0.2) is 0 Å². The van der Waals surface area contributed by atoms with Crippen LogP contribution in [-0.4, -0.2) is 30.3 Å². The number of ether oxygens (including phenoxy) is 1. The van der Waals surface area contributed by atoms with E-state index in [4.69, 9.17) is 5.11 Å². The predicted molar refractivity (Wildman–Crippen MR) is 44.9 cm³/mol. The number of hydrogen-bond donors (Lipinski definition) is 3. The summed E-state index contributed by atoms with van der Waals surface area (Å²) in [5.74, 6) is -0.936. The summed E-state index contributed by atoms with van der Waals surface area (Å²) < 4.78 is 4.52. The smallest absolute Gasteiger partial charge is 0.421 e. The Morgan fingerprint density at radius 1 is 1.54 bits per heavy atom. The summed E-state index contributed by atoms with van der Waals surface area (Å²) in [7, 11) is 0. The second kappa shape index (κ2) is 7.11. The largest absolute Gasteiger partial charge is 0.481 e. The molecule has 0 aromatic heterocycles. The van der Waals surface area contributed by atoms with Crippen molar-refractivity contribution in [2.45, 2.75) is 6.42 Å². The van der Waals surface area contributed by atoms with E-state index >= 15 is 0 Å². The first-order valence-corrected chi connectivity index (χ1v) is 3.65. The Labute approximate surface area is 75.5 Å². The van der Waals surface area contributed by atoms with Gasteiger partial charge in [-0.2, -0.15) is 0 Å². The molecule has 0 saturated heterocycles. The van der Waals surface area contributed by atoms with Crippen molar-refractivity contribution in [3.05, 3.63) is 12.7 Å². The lowest BCUT2D eigenvalue weighted by Crippen LogP contribution is -2.38. The van der Waals surface area contributed by atoms with E-state index in [1.54, 1.807) is 0 Å². The van der Waals surface area contributed by atoms with Gasteiger partial charge in [-0.3, -0.25) is 10.2 Å². The summed E-state index contributed by atoms with van der Waals surface area (Å²) in [4.78, 5) is 20.7. The molecule has 0 aromatic rings. The SMILES string of the molecule is C=CCOC(=O)NNCCC(=O)O. The van der Waals surface area contributed by atoms with Crippen LogP contribution < -0.4 is 10.9 Å². The molecule has 0 aliphatic heterocycles. The normalized spacial score (nSPS) is 8.92. The lowest BCUT2D eigenvalue weighted by atomic mass is 10.4. The zero-order chi connectivity index (χ0) is 10.1. The van der Waals surface area contributed by atoms with Crippen LogP contribution in [0, 0.1) is 0 Å². The first kappa shape index (κ1) is 11.4. The van der Waals surface area contributed by atoms with Crippen molar-refractivity contribution >= 4 is 12.1 Å². The Morgan fingerprint density at radius 2 is 2.23 bits per heavy atom. The zero-order valence-corrected chi connectivity index (χ0v) is 7.08. The average Bonchev–Trinajstić information content (AvgIpc) is 2.08. The van der Waals surface area contributed by atoms with Crippen LogP contribution in [0.1, 0.15) is 6.42 Å². The third-order valence-electron chi connectivity index (χ3n) is 0.987. The van der Waals surface area contributed by atoms with Gasteiger partial charge in [-0.15, -0.1) is 0 Å². The van der Waals surface area contributed by atoms with Gasteiger partial charge in [0.2, 0.25) is 0 Å². The molecular formula is C7H12N2O4. The van der Waals surface area contributed by atoms with E-state index in [0.717, 1.165) is 0 Å². The minimum absolute atomic E-state index is 0.0677. The molecule has 1 amide bonds. The summed E-state index contributed by atoms with van der Waals surface area (Å²) >= 11 is 0. The van der Waals surface area contributed by atoms with Crippen LogP contribution in [0.2, 0.25) is 0 Å². The van der Waals surface area contributed by atoms with Crippen LogP contribution in [0.5, 0.6) is 0 Å². The number of aliphatic carboxylic acids is 1. The maximum absolute atomic E-state index is 10.7. The zero-order valence-electron chi connectivity index (χ0n) is 7.08. The molecule has 0 radical (unpaired) electrons. The monoisotopic (exact) mass is 188 g/mol. The van der Waals surface area contributed by atoms with E-state index in [-0.39, 0.29) is 19.6 Å². The summed E-state index contributed by atoms with van der Waals surface area (Å²) in [6.07, 6.45) is 0.698. The van der Waals surface area contributed by atoms with E-state index in [1.807, 2.05) is 0 Å². The van der Waals surface area contributed by atoms with Crippen molar-refractivity contribution in [3.63, 3.8) is 0 Å². The molecule has 0 rings (SSSR count). The van der Waals surface area contributed by atoms with Gasteiger partial charge in [0, 0.05) is 6.54 Å². The summed E-state index contributed by atoms with van der Waals surface area (Å²) in [6.45, 7) is 3.62. The lowest BCUT2D eigenvalue weighted by Gasteiger charge is -2.04. The van der Waals surface area contributed by atoms with Crippen molar-refractivity contribution in [1.29, 1.82) is 0 Å². The fourth-order valence-electron chi connectivity index (χ4n) is 0.475. The second-order valence-corrected chi connectivity index (χ2v) is 2.08. The van der Waals surface area contributed by atoms with Gasteiger partial charge in [-0.1, -0.05) is 12.7 Å². The molecule has 0 bridgehead atoms. The average molecular weight is 188 g/mol. The van der Waals surface area contributed by atoms with Crippen molar-refractivity contribution in [2.75, 3.05) is 13.2 Å². The fourth-order valence-corrected chi connectivity index (χ4v) is 0.475. The Kier molecular flexibility index (Phi) is 6.26. The van der Waals surface area contributed by atoms with Gasteiger partial charge < -0.3 is 9.84 Å². The highest BCUT2D eigenvalue weighted by Gasteiger charge is 1.99. The number of carbonyl (C=O) groups is 2. The van der Waals surface area contributed by atoms with Crippen LogP contribution in [-0.2, 0) is 9.53 Å². The molecule has 3 N–H and O–H groups in total. The number of rotatable bonds is 6. The fraction of sp³-hybridized carbons (Fsp3) is 0.429. The van der Waals surface area contributed by atoms with E-state index < -0.39 is 12.1 Å². The van der Waals surface area contributed by atoms with Gasteiger partial charge in [0.25, 0.3) is 0 Å². The molecule has 0 atom stereocenters. The van der Waals surface area contributed by atoms with Crippen molar-refractivity contribution < 1.29 is 19.4 Å². The standard InChI is InChI=1S/C7H12N2O4/c1-2-5-13-7(12)9-8-4-3-6(10)11/h2,8H,1,3-5H2,(H,9,12)(H,10,11). The molecule has 0 aromatic carbocycles. The number of hydrogen-bond acceptors (Lipinski definition) is 4. The van der Waals surface area contributed by atoms with Crippen molar-refractivity contribution in [1.82, 2.24) is 10.9 Å². The third-order valence-corrected chi connectivity index (χ3v) is 0.987. The van der Waals surface area contributed by atoms with Gasteiger partial charge in [-0.25, -0.2) is 10.2 Å². The topological polar surface area (TPSA) is 87.7 Å². The third kappa shape index (κ3) is 8.35. The minimum atomic E-state index is -0.936. The number of hydrazine groups is 1. The second-order valence-electron chi connectivity index (χ2n) is 2.08. The highest BCUT2D eigenvalue weighted by molar-refractivity contribution is 5.67. The van der Waals surface area contributed by atoms with Crippen molar-refractivity contribution in [2.24, 2.45) is 0 Å². The maximum atomic E-state index is 10.7. The molecule has 0 unspecified atom stereocenters. The van der Waals surface area contributed by atoms with Gasteiger partial charge in [-0.05, 0) is 0 Å². The summed E-state index contributed by atoms with van der Waals surface area (Å²) in [5, 5.41) is 8.22. The summed E-state index contributed by atoms with van der Waals surface area (Å²) in [5.41, 5.74) is 4.54. The van der Waals surface area contributed by atoms with Crippen LogP contribution in [0.15, 0.2) is 12.7 Å². The molecule has 0 saturated carbocycles. The Hall–Kier alpha value is -1.56. The van der Waals surface area contributed by atoms with Crippen LogP contribution in [0.3, 0.4) is 0 Å². The first-order chi connectivity index (χ1) is 6.16.